The fourth-order valence-electron chi connectivity index (χ4n) is 6.14. The van der Waals surface area contributed by atoms with Crippen LogP contribution in [0.4, 0.5) is 5.69 Å². The standard InChI is InChI=1S/C39H40ClN3O10/c1-49-35-14-24(34-17-32(43-53-34)23-12-25(18-44)30(21-47)26(13-23)19-45)15-36(50-2)37(35)52-10-4-3-9-51-33-8-5-22(11-27(33)20-46)38-41-31-7-6-28(40)16-29(31)39(48)42-38/h5-8,11-17,38,41,44-47H,3-4,9-10,18-21H2,1-2H3,(H,42,48). The third-order valence-electron chi connectivity index (χ3n) is 8.92. The Balaban J connectivity index is 1.06. The second kappa shape index (κ2) is 17.0. The number of methoxy groups -OCH3 is 2. The SMILES string of the molecule is COc1cc(-c2cc(-c3cc(CO)c(CO)c(CO)c3)no2)cc(OC)c1OCCCCOc1ccc(C2NC(=O)c3cc(Cl)ccc3N2)cc1CO. The minimum atomic E-state index is -0.485. The molecule has 6 rings (SSSR count). The van der Waals surface area contributed by atoms with Crippen LogP contribution < -0.4 is 29.6 Å². The van der Waals surface area contributed by atoms with E-state index in [-0.39, 0.29) is 32.3 Å². The quantitative estimate of drug-likeness (QED) is 0.0675. The van der Waals surface area contributed by atoms with Crippen molar-refractivity contribution in [2.75, 3.05) is 32.8 Å². The summed E-state index contributed by atoms with van der Waals surface area (Å²) in [5.41, 5.74) is 5.66. The van der Waals surface area contributed by atoms with Gasteiger partial charge in [-0.1, -0.05) is 22.8 Å². The molecule has 1 unspecified atom stereocenters. The molecule has 6 N–H and O–H groups in total. The summed E-state index contributed by atoms with van der Waals surface area (Å²) in [6.07, 6.45) is 0.820. The van der Waals surface area contributed by atoms with Gasteiger partial charge in [0, 0.05) is 33.5 Å². The molecule has 53 heavy (non-hydrogen) atoms. The Labute approximate surface area is 310 Å². The molecule has 0 radical (unpaired) electrons. The molecule has 0 aliphatic carbocycles. The highest BCUT2D eigenvalue weighted by atomic mass is 35.5. The molecule has 13 nitrogen and oxygen atoms in total. The van der Waals surface area contributed by atoms with Crippen molar-refractivity contribution in [2.45, 2.75) is 45.4 Å². The van der Waals surface area contributed by atoms with E-state index < -0.39 is 6.17 Å². The molecule has 0 fully saturated rings. The second-order valence-corrected chi connectivity index (χ2v) is 12.6. The number of aliphatic hydroxyl groups excluding tert-OH is 4. The number of benzene rings is 4. The Morgan fingerprint density at radius 1 is 0.736 bits per heavy atom. The predicted molar refractivity (Wildman–Crippen MR) is 196 cm³/mol. The number of nitrogens with one attached hydrogen (secondary N) is 2. The molecule has 1 aliphatic heterocycles. The number of carbonyl (C=O) groups excluding carboxylic acids is 1. The number of hydrogen-bond donors (Lipinski definition) is 6. The van der Waals surface area contributed by atoms with Crippen LogP contribution in [0.15, 0.2) is 71.3 Å². The summed E-state index contributed by atoms with van der Waals surface area (Å²) in [7, 11) is 3.05. The lowest BCUT2D eigenvalue weighted by Gasteiger charge is -2.28. The number of anilines is 1. The van der Waals surface area contributed by atoms with E-state index >= 15 is 0 Å². The van der Waals surface area contributed by atoms with Crippen molar-refractivity contribution >= 4 is 23.2 Å². The molecule has 0 spiro atoms. The molecule has 2 heterocycles. The van der Waals surface area contributed by atoms with Gasteiger partial charge in [-0.25, -0.2) is 0 Å². The largest absolute Gasteiger partial charge is 0.493 e. The van der Waals surface area contributed by atoms with Gasteiger partial charge in [0.25, 0.3) is 5.91 Å². The molecular weight excluding hydrogens is 706 g/mol. The number of carbonyl (C=O) groups is 1. The minimum Gasteiger partial charge on any atom is -0.493 e. The molecule has 1 amide bonds. The number of unbranched alkanes of at least 4 members (excludes halogenated alkanes) is 1. The first-order valence-corrected chi connectivity index (χ1v) is 17.2. The van der Waals surface area contributed by atoms with Crippen LogP contribution in [0.25, 0.3) is 22.6 Å². The lowest BCUT2D eigenvalue weighted by molar-refractivity contribution is 0.0935. The van der Waals surface area contributed by atoms with Crippen LogP contribution >= 0.6 is 11.6 Å². The number of aliphatic hydroxyl groups is 4. The topological polar surface area (TPSA) is 185 Å². The number of fused-ring (bicyclic) bond motifs is 1. The van der Waals surface area contributed by atoms with Gasteiger partial charge in [-0.3, -0.25) is 4.79 Å². The Morgan fingerprint density at radius 2 is 1.42 bits per heavy atom. The van der Waals surface area contributed by atoms with E-state index in [9.17, 15) is 25.2 Å². The van der Waals surface area contributed by atoms with Crippen molar-refractivity contribution in [3.05, 3.63) is 105 Å². The maximum atomic E-state index is 12.7. The van der Waals surface area contributed by atoms with E-state index in [1.54, 1.807) is 60.7 Å². The number of halogens is 1. The van der Waals surface area contributed by atoms with Crippen molar-refractivity contribution in [3.8, 4) is 45.6 Å². The van der Waals surface area contributed by atoms with Crippen LogP contribution in [0.3, 0.4) is 0 Å². The van der Waals surface area contributed by atoms with Crippen LogP contribution in [0, 0.1) is 0 Å². The van der Waals surface area contributed by atoms with E-state index in [4.69, 9.17) is 35.1 Å². The zero-order valence-corrected chi connectivity index (χ0v) is 29.9. The fourth-order valence-corrected chi connectivity index (χ4v) is 6.32. The highest BCUT2D eigenvalue weighted by Crippen LogP contribution is 2.42. The highest BCUT2D eigenvalue weighted by Gasteiger charge is 2.26. The van der Waals surface area contributed by atoms with Crippen molar-refractivity contribution in [3.63, 3.8) is 0 Å². The molecule has 0 saturated heterocycles. The van der Waals surface area contributed by atoms with E-state index in [2.05, 4.69) is 15.8 Å². The Bertz CT molecular complexity index is 2030. The summed E-state index contributed by atoms with van der Waals surface area (Å²) < 4.78 is 29.0. The molecule has 278 valence electrons. The molecule has 14 heteroatoms. The van der Waals surface area contributed by atoms with E-state index in [1.165, 1.54) is 14.2 Å². The third-order valence-corrected chi connectivity index (χ3v) is 9.15. The van der Waals surface area contributed by atoms with Gasteiger partial charge in [0.15, 0.2) is 17.3 Å². The molecule has 0 bridgehead atoms. The molecular formula is C39H40ClN3O10. The van der Waals surface area contributed by atoms with Gasteiger partial charge in [0.05, 0.1) is 59.4 Å². The Morgan fingerprint density at radius 3 is 2.06 bits per heavy atom. The average molecular weight is 746 g/mol. The molecule has 1 aromatic heterocycles. The fraction of sp³-hybridized carbons (Fsp3) is 0.282. The lowest BCUT2D eigenvalue weighted by atomic mass is 9.97. The van der Waals surface area contributed by atoms with Gasteiger partial charge in [0.1, 0.15) is 17.6 Å². The zero-order chi connectivity index (χ0) is 37.5. The van der Waals surface area contributed by atoms with Crippen molar-refractivity contribution < 1.29 is 48.7 Å². The summed E-state index contributed by atoms with van der Waals surface area (Å²) in [4.78, 5) is 12.7. The average Bonchev–Trinajstić information content (AvgIpc) is 3.69. The first-order chi connectivity index (χ1) is 25.8. The highest BCUT2D eigenvalue weighted by molar-refractivity contribution is 6.31. The molecule has 0 saturated carbocycles. The molecule has 1 atom stereocenters. The van der Waals surface area contributed by atoms with E-state index in [1.807, 2.05) is 6.07 Å². The summed E-state index contributed by atoms with van der Waals surface area (Å²) >= 11 is 6.05. The molecule has 1 aliphatic rings. The maximum Gasteiger partial charge on any atom is 0.255 e. The first kappa shape index (κ1) is 37.4. The van der Waals surface area contributed by atoms with Gasteiger partial charge in [-0.05, 0) is 89.7 Å². The van der Waals surface area contributed by atoms with Gasteiger partial charge < -0.3 is 54.5 Å². The van der Waals surface area contributed by atoms with Crippen LogP contribution in [-0.2, 0) is 26.4 Å². The van der Waals surface area contributed by atoms with Crippen LogP contribution in [0.1, 0.15) is 57.2 Å². The Kier molecular flexibility index (Phi) is 12.0. The number of nitrogens with zero attached hydrogens (tertiary/aromatic N) is 1. The van der Waals surface area contributed by atoms with Gasteiger partial charge in [0.2, 0.25) is 5.75 Å². The number of rotatable bonds is 16. The molecule has 4 aromatic carbocycles. The Hall–Kier alpha value is -5.31. The van der Waals surface area contributed by atoms with Crippen LogP contribution in [-0.4, -0.2) is 58.9 Å². The van der Waals surface area contributed by atoms with Gasteiger partial charge >= 0.3 is 0 Å². The molecule has 5 aromatic rings. The summed E-state index contributed by atoms with van der Waals surface area (Å²) in [5, 5.41) is 50.3. The summed E-state index contributed by atoms with van der Waals surface area (Å²) in [5.74, 6) is 2.00. The maximum absolute atomic E-state index is 12.7. The first-order valence-electron chi connectivity index (χ1n) is 16.9. The zero-order valence-electron chi connectivity index (χ0n) is 29.1. The van der Waals surface area contributed by atoms with Crippen molar-refractivity contribution in [1.29, 1.82) is 0 Å². The van der Waals surface area contributed by atoms with Gasteiger partial charge in [-0.15, -0.1) is 0 Å². The second-order valence-electron chi connectivity index (χ2n) is 12.2. The monoisotopic (exact) mass is 745 g/mol. The lowest BCUT2D eigenvalue weighted by Crippen LogP contribution is -2.38. The summed E-state index contributed by atoms with van der Waals surface area (Å²) in [6.45, 7) is -0.441. The normalized spacial score (nSPS) is 13.6. The van der Waals surface area contributed by atoms with Crippen molar-refractivity contribution in [2.24, 2.45) is 0 Å². The predicted octanol–water partition coefficient (Wildman–Crippen LogP) is 5.74. The number of amides is 1. The third kappa shape index (κ3) is 8.19. The number of ether oxygens (including phenoxy) is 4. The van der Waals surface area contributed by atoms with Crippen molar-refractivity contribution in [1.82, 2.24) is 10.5 Å². The van der Waals surface area contributed by atoms with Crippen LogP contribution in [0.2, 0.25) is 5.02 Å². The van der Waals surface area contributed by atoms with E-state index in [0.717, 1.165) is 5.56 Å². The van der Waals surface area contributed by atoms with E-state index in [0.29, 0.717) is 110 Å². The smallest absolute Gasteiger partial charge is 0.255 e. The summed E-state index contributed by atoms with van der Waals surface area (Å²) in [6, 6.07) is 19.1. The number of hydrogen-bond acceptors (Lipinski definition) is 12. The van der Waals surface area contributed by atoms with Gasteiger partial charge in [-0.2, -0.15) is 0 Å². The minimum absolute atomic E-state index is 0.239. The number of aromatic nitrogens is 1. The van der Waals surface area contributed by atoms with Crippen LogP contribution in [0.5, 0.6) is 23.0 Å².